The first kappa shape index (κ1) is 20.0. The second-order valence-corrected chi connectivity index (χ2v) is 8.51. The molecule has 0 amide bonds. The summed E-state index contributed by atoms with van der Waals surface area (Å²) in [4.78, 5) is 6.82. The largest absolute Gasteiger partial charge is 0.473 e. The van der Waals surface area contributed by atoms with E-state index in [1.54, 1.807) is 6.20 Å². The van der Waals surface area contributed by atoms with Crippen molar-refractivity contribution in [3.63, 3.8) is 0 Å². The molecule has 0 spiro atoms. The molecule has 5 nitrogen and oxygen atoms in total. The van der Waals surface area contributed by atoms with Gasteiger partial charge in [-0.05, 0) is 55.2 Å². The maximum atomic E-state index is 10.6. The lowest BCUT2D eigenvalue weighted by atomic mass is 9.76. The van der Waals surface area contributed by atoms with Gasteiger partial charge in [-0.3, -0.25) is 4.90 Å². The minimum absolute atomic E-state index is 0.0536. The van der Waals surface area contributed by atoms with Crippen molar-refractivity contribution in [1.82, 2.24) is 9.88 Å². The summed E-state index contributed by atoms with van der Waals surface area (Å²) in [6, 6.07) is 24.3. The normalized spacial score (nSPS) is 25.7. The quantitative estimate of drug-likeness (QED) is 0.633. The third-order valence-electron chi connectivity index (χ3n) is 6.44. The maximum absolute atomic E-state index is 10.6. The average Bonchev–Trinajstić information content (AvgIpc) is 2.81. The monoisotopic (exact) mass is 416 g/mol. The molecule has 0 unspecified atom stereocenters. The molecule has 2 bridgehead atoms. The zero-order valence-electron chi connectivity index (χ0n) is 17.5. The molecule has 1 N–H and O–H groups in total. The summed E-state index contributed by atoms with van der Waals surface area (Å²) in [7, 11) is 0. The molecule has 3 aromatic rings. The molecular weight excluding hydrogens is 388 g/mol. The predicted molar refractivity (Wildman–Crippen MR) is 119 cm³/mol. The minimum atomic E-state index is -0.290. The molecule has 1 saturated heterocycles. The lowest BCUT2D eigenvalue weighted by Crippen LogP contribution is -2.57. The summed E-state index contributed by atoms with van der Waals surface area (Å²) in [6.45, 7) is 1.66. The van der Waals surface area contributed by atoms with E-state index in [0.29, 0.717) is 11.9 Å². The zero-order chi connectivity index (χ0) is 21.0. The number of hydrogen-bond donors (Lipinski definition) is 1. The van der Waals surface area contributed by atoms with Gasteiger partial charge in [0, 0.05) is 37.3 Å². The summed E-state index contributed by atoms with van der Waals surface area (Å²) in [5, 5.41) is 10.6. The minimum Gasteiger partial charge on any atom is -0.473 e. The topological polar surface area (TPSA) is 54.8 Å². The third kappa shape index (κ3) is 4.73. The number of likely N-dealkylation sites (tertiary alicyclic amines) is 1. The lowest BCUT2D eigenvalue weighted by Gasteiger charge is -2.48. The molecule has 160 valence electrons. The molecule has 2 fully saturated rings. The van der Waals surface area contributed by atoms with Crippen LogP contribution in [0.3, 0.4) is 0 Å². The summed E-state index contributed by atoms with van der Waals surface area (Å²) < 4.78 is 12.1. The van der Waals surface area contributed by atoms with E-state index in [4.69, 9.17) is 9.47 Å². The summed E-state index contributed by atoms with van der Waals surface area (Å²) in [6.07, 6.45) is 4.23. The summed E-state index contributed by atoms with van der Waals surface area (Å²) in [5.74, 6) is 2.48. The van der Waals surface area contributed by atoms with Gasteiger partial charge in [-0.1, -0.05) is 36.4 Å². The van der Waals surface area contributed by atoms with Gasteiger partial charge in [-0.2, -0.15) is 0 Å². The van der Waals surface area contributed by atoms with Crippen molar-refractivity contribution in [2.24, 2.45) is 5.92 Å². The Hall–Kier alpha value is -2.89. The van der Waals surface area contributed by atoms with Gasteiger partial charge in [0.2, 0.25) is 5.88 Å². The van der Waals surface area contributed by atoms with Crippen LogP contribution < -0.4 is 9.47 Å². The number of nitrogens with zero attached hydrogens (tertiary/aromatic N) is 2. The molecule has 2 aromatic carbocycles. The van der Waals surface area contributed by atoms with Crippen molar-refractivity contribution in [1.29, 1.82) is 0 Å². The first-order chi connectivity index (χ1) is 15.2. The van der Waals surface area contributed by atoms with Gasteiger partial charge in [0.1, 0.15) is 17.6 Å². The molecule has 31 heavy (non-hydrogen) atoms. The van der Waals surface area contributed by atoms with Crippen molar-refractivity contribution >= 4 is 0 Å². The molecule has 0 radical (unpaired) electrons. The molecular formula is C26H28N2O3. The predicted octanol–water partition coefficient (Wildman–Crippen LogP) is 4.67. The second kappa shape index (κ2) is 9.08. The standard InChI is InChI=1S/C26H28N2O3/c29-24-14-11-20-16-23(24)25(31-26-8-4-5-15-27-26)18-28(20)17-19-9-12-22(13-10-19)30-21-6-2-1-3-7-21/h1-10,12-13,15,20,23-25,29H,11,14,16-18H2/t20-,23-,24+,25-/m0/s1. The Bertz CT molecular complexity index is 965. The molecule has 1 aliphatic heterocycles. The van der Waals surface area contributed by atoms with E-state index in [1.165, 1.54) is 5.56 Å². The number of aromatic nitrogens is 1. The lowest BCUT2D eigenvalue weighted by molar-refractivity contribution is -0.0834. The number of ether oxygens (including phenoxy) is 2. The van der Waals surface area contributed by atoms with E-state index in [9.17, 15) is 5.11 Å². The van der Waals surface area contributed by atoms with Gasteiger partial charge in [-0.25, -0.2) is 4.98 Å². The Balaban J connectivity index is 1.27. The molecule has 4 atom stereocenters. The molecule has 5 rings (SSSR count). The number of rotatable bonds is 6. The fraction of sp³-hybridized carbons (Fsp3) is 0.346. The molecule has 1 aromatic heterocycles. The van der Waals surface area contributed by atoms with Gasteiger partial charge < -0.3 is 14.6 Å². The van der Waals surface area contributed by atoms with E-state index in [-0.39, 0.29) is 18.1 Å². The van der Waals surface area contributed by atoms with Crippen LogP contribution in [0.2, 0.25) is 0 Å². The fourth-order valence-electron chi connectivity index (χ4n) is 4.83. The Kier molecular flexibility index (Phi) is 5.87. The van der Waals surface area contributed by atoms with Crippen molar-refractivity contribution in [2.75, 3.05) is 6.54 Å². The molecule has 1 saturated carbocycles. The van der Waals surface area contributed by atoms with E-state index in [0.717, 1.165) is 43.9 Å². The van der Waals surface area contributed by atoms with Crippen LogP contribution in [0.25, 0.3) is 0 Å². The fourth-order valence-corrected chi connectivity index (χ4v) is 4.83. The highest BCUT2D eigenvalue weighted by molar-refractivity contribution is 5.33. The first-order valence-electron chi connectivity index (χ1n) is 11.1. The number of aliphatic hydroxyl groups excluding tert-OH is 1. The van der Waals surface area contributed by atoms with Gasteiger partial charge in [0.05, 0.1) is 6.10 Å². The molecule has 5 heteroatoms. The maximum Gasteiger partial charge on any atom is 0.213 e. The molecule has 2 aliphatic rings. The van der Waals surface area contributed by atoms with Crippen LogP contribution in [0.1, 0.15) is 24.8 Å². The van der Waals surface area contributed by atoms with Crippen LogP contribution in [0.15, 0.2) is 79.0 Å². The van der Waals surface area contributed by atoms with E-state index in [1.807, 2.05) is 60.7 Å². The second-order valence-electron chi connectivity index (χ2n) is 8.51. The van der Waals surface area contributed by atoms with Crippen molar-refractivity contribution < 1.29 is 14.6 Å². The van der Waals surface area contributed by atoms with Crippen molar-refractivity contribution in [2.45, 2.75) is 44.1 Å². The molecule has 2 heterocycles. The SMILES string of the molecule is O[C@@H]1CC[C@H]2C[C@@H]1[C@@H](Oc1ccccn1)CN2Cc1ccc(Oc2ccccc2)cc1. The Morgan fingerprint density at radius 1 is 0.903 bits per heavy atom. The van der Waals surface area contributed by atoms with Crippen LogP contribution >= 0.6 is 0 Å². The number of para-hydroxylation sites is 1. The molecule has 1 aliphatic carbocycles. The number of hydrogen-bond acceptors (Lipinski definition) is 5. The average molecular weight is 417 g/mol. The number of pyridine rings is 1. The Morgan fingerprint density at radius 3 is 2.45 bits per heavy atom. The van der Waals surface area contributed by atoms with Crippen LogP contribution in [-0.4, -0.2) is 39.8 Å². The van der Waals surface area contributed by atoms with Gasteiger partial charge in [-0.15, -0.1) is 0 Å². The zero-order valence-corrected chi connectivity index (χ0v) is 17.5. The van der Waals surface area contributed by atoms with Gasteiger partial charge >= 0.3 is 0 Å². The summed E-state index contributed by atoms with van der Waals surface area (Å²) >= 11 is 0. The van der Waals surface area contributed by atoms with E-state index < -0.39 is 0 Å². The number of fused-ring (bicyclic) bond motifs is 2. The number of piperidine rings is 1. The first-order valence-corrected chi connectivity index (χ1v) is 11.1. The number of aliphatic hydroxyl groups is 1. The highest BCUT2D eigenvalue weighted by Gasteiger charge is 2.43. The van der Waals surface area contributed by atoms with Crippen LogP contribution in [0.4, 0.5) is 0 Å². The highest BCUT2D eigenvalue weighted by atomic mass is 16.5. The summed E-state index contributed by atoms with van der Waals surface area (Å²) in [5.41, 5.74) is 1.25. The van der Waals surface area contributed by atoms with E-state index >= 15 is 0 Å². The van der Waals surface area contributed by atoms with Gasteiger partial charge in [0.15, 0.2) is 0 Å². The van der Waals surface area contributed by atoms with Crippen LogP contribution in [-0.2, 0) is 6.54 Å². The highest BCUT2D eigenvalue weighted by Crippen LogP contribution is 2.37. The van der Waals surface area contributed by atoms with Gasteiger partial charge in [0.25, 0.3) is 0 Å². The smallest absolute Gasteiger partial charge is 0.213 e. The third-order valence-corrected chi connectivity index (χ3v) is 6.44. The van der Waals surface area contributed by atoms with Crippen LogP contribution in [0.5, 0.6) is 17.4 Å². The van der Waals surface area contributed by atoms with Crippen LogP contribution in [0, 0.1) is 5.92 Å². The Morgan fingerprint density at radius 2 is 1.68 bits per heavy atom. The van der Waals surface area contributed by atoms with Crippen molar-refractivity contribution in [3.8, 4) is 17.4 Å². The Labute approximate surface area is 183 Å². The number of benzene rings is 2. The van der Waals surface area contributed by atoms with E-state index in [2.05, 4.69) is 22.0 Å². The van der Waals surface area contributed by atoms with Crippen molar-refractivity contribution in [3.05, 3.63) is 84.6 Å².